The lowest BCUT2D eigenvalue weighted by Crippen LogP contribution is -2.34. The molecule has 0 N–H and O–H groups in total. The molecule has 19 heavy (non-hydrogen) atoms. The Morgan fingerprint density at radius 3 is 2.26 bits per heavy atom. The Morgan fingerprint density at radius 2 is 1.74 bits per heavy atom. The van der Waals surface area contributed by atoms with Crippen LogP contribution in [0.2, 0.25) is 0 Å². The van der Waals surface area contributed by atoms with Crippen LogP contribution in [0.1, 0.15) is 12.8 Å². The van der Waals surface area contributed by atoms with Crippen molar-refractivity contribution in [2.75, 3.05) is 13.2 Å². The number of allylic oxidation sites excluding steroid dienone is 2. The zero-order valence-electron chi connectivity index (χ0n) is 10.6. The Kier molecular flexibility index (Phi) is 6.36. The van der Waals surface area contributed by atoms with E-state index in [0.717, 1.165) is 0 Å². The first-order valence-corrected chi connectivity index (χ1v) is 6.37. The summed E-state index contributed by atoms with van der Waals surface area (Å²) in [6.45, 7) is 7.18. The summed E-state index contributed by atoms with van der Waals surface area (Å²) in [7, 11) is 0. The lowest BCUT2D eigenvalue weighted by Gasteiger charge is -2.26. The van der Waals surface area contributed by atoms with Crippen molar-refractivity contribution in [3.63, 3.8) is 0 Å². The lowest BCUT2D eigenvalue weighted by atomic mass is 9.83. The summed E-state index contributed by atoms with van der Waals surface area (Å²) in [5, 5.41) is 0.563. The van der Waals surface area contributed by atoms with E-state index in [1.165, 1.54) is 12.2 Å². The van der Waals surface area contributed by atoms with Gasteiger partial charge < -0.3 is 9.47 Å². The van der Waals surface area contributed by atoms with E-state index in [1.807, 2.05) is 0 Å². The maximum Gasteiger partial charge on any atom is 0.310 e. The van der Waals surface area contributed by atoms with Crippen molar-refractivity contribution in [2.45, 2.75) is 12.8 Å². The van der Waals surface area contributed by atoms with E-state index < -0.39 is 23.8 Å². The number of rotatable bonds is 6. The van der Waals surface area contributed by atoms with Gasteiger partial charge in [0.05, 0.1) is 11.8 Å². The van der Waals surface area contributed by atoms with Gasteiger partial charge in [0.25, 0.3) is 0 Å². The molecule has 0 aromatic carbocycles. The molecule has 0 radical (unpaired) electrons. The average Bonchev–Trinajstić information content (AvgIpc) is 2.41. The third-order valence-corrected chi connectivity index (χ3v) is 3.09. The summed E-state index contributed by atoms with van der Waals surface area (Å²) < 4.78 is 9.99. The molecule has 0 bridgehead atoms. The molecule has 0 aliphatic heterocycles. The van der Waals surface area contributed by atoms with Gasteiger partial charge in [-0.3, -0.25) is 9.59 Å². The molecule has 1 aliphatic carbocycles. The summed E-state index contributed by atoms with van der Waals surface area (Å²) in [6, 6.07) is 0. The number of carbonyl (C=O) groups is 2. The van der Waals surface area contributed by atoms with Gasteiger partial charge in [-0.05, 0) is 12.8 Å². The molecule has 0 saturated heterocycles. The molecule has 1 aliphatic rings. The van der Waals surface area contributed by atoms with E-state index in [9.17, 15) is 9.59 Å². The molecule has 0 saturated carbocycles. The molecule has 0 fully saturated rings. The van der Waals surface area contributed by atoms with Crippen molar-refractivity contribution < 1.29 is 19.1 Å². The fraction of sp³-hybridized carbons (Fsp3) is 0.429. The quantitative estimate of drug-likeness (QED) is 0.556. The highest BCUT2D eigenvalue weighted by Gasteiger charge is 2.38. The number of ether oxygens (including phenoxy) is 2. The summed E-state index contributed by atoms with van der Waals surface area (Å²) in [5.41, 5.74) is 0. The lowest BCUT2D eigenvalue weighted by molar-refractivity contribution is -0.159. The number of esters is 2. The van der Waals surface area contributed by atoms with E-state index in [-0.39, 0.29) is 13.2 Å². The Bertz CT molecular complexity index is 400. The van der Waals surface area contributed by atoms with Crippen LogP contribution in [-0.4, -0.2) is 25.2 Å². The molecule has 2 atom stereocenters. The van der Waals surface area contributed by atoms with Crippen LogP contribution in [-0.2, 0) is 19.1 Å². The first-order chi connectivity index (χ1) is 9.10. The molecule has 0 heterocycles. The summed E-state index contributed by atoms with van der Waals surface area (Å²) in [5.74, 6) is -2.04. The normalized spacial score (nSPS) is 22.1. The summed E-state index contributed by atoms with van der Waals surface area (Å²) in [4.78, 5) is 23.8. The zero-order chi connectivity index (χ0) is 14.3. The van der Waals surface area contributed by atoms with Gasteiger partial charge in [-0.1, -0.05) is 43.0 Å². The van der Waals surface area contributed by atoms with Crippen molar-refractivity contribution in [3.05, 3.63) is 36.4 Å². The van der Waals surface area contributed by atoms with Crippen LogP contribution in [0.3, 0.4) is 0 Å². The minimum absolute atomic E-state index is 0.116. The van der Waals surface area contributed by atoms with Gasteiger partial charge in [0.2, 0.25) is 0 Å². The van der Waals surface area contributed by atoms with Crippen molar-refractivity contribution in [2.24, 2.45) is 11.8 Å². The summed E-state index contributed by atoms with van der Waals surface area (Å²) in [6.07, 6.45) is 5.37. The van der Waals surface area contributed by atoms with Crippen molar-refractivity contribution >= 4 is 23.5 Å². The first-order valence-electron chi connectivity index (χ1n) is 5.99. The predicted molar refractivity (Wildman–Crippen MR) is 72.5 cm³/mol. The molecular formula is C14H17ClO4. The van der Waals surface area contributed by atoms with Crippen molar-refractivity contribution in [1.29, 1.82) is 0 Å². The van der Waals surface area contributed by atoms with Gasteiger partial charge >= 0.3 is 11.9 Å². The highest BCUT2D eigenvalue weighted by Crippen LogP contribution is 2.33. The van der Waals surface area contributed by atoms with Crippen LogP contribution in [0.4, 0.5) is 0 Å². The van der Waals surface area contributed by atoms with Crippen molar-refractivity contribution in [1.82, 2.24) is 0 Å². The Morgan fingerprint density at radius 1 is 1.21 bits per heavy atom. The van der Waals surface area contributed by atoms with Gasteiger partial charge in [0.1, 0.15) is 13.2 Å². The second-order valence-corrected chi connectivity index (χ2v) is 4.63. The number of hydrogen-bond acceptors (Lipinski definition) is 4. The molecule has 0 aromatic rings. The number of halogens is 1. The van der Waals surface area contributed by atoms with Crippen LogP contribution in [0.15, 0.2) is 36.4 Å². The minimum Gasteiger partial charge on any atom is -0.461 e. The smallest absolute Gasteiger partial charge is 0.310 e. The standard InChI is InChI=1S/C14H17ClO4/c1-3-7-18-13(16)11-6-5-10(15)9-12(11)14(17)19-8-4-2/h3-5,11-12H,1-2,6-9H2. The van der Waals surface area contributed by atoms with Gasteiger partial charge in [-0.15, -0.1) is 0 Å². The van der Waals surface area contributed by atoms with E-state index in [4.69, 9.17) is 21.1 Å². The predicted octanol–water partition coefficient (Wildman–Crippen LogP) is 2.59. The first kappa shape index (κ1) is 15.5. The average molecular weight is 285 g/mol. The molecule has 0 spiro atoms. The molecule has 4 nitrogen and oxygen atoms in total. The second kappa shape index (κ2) is 7.79. The Labute approximate surface area is 117 Å². The van der Waals surface area contributed by atoms with E-state index in [2.05, 4.69) is 13.2 Å². The van der Waals surface area contributed by atoms with E-state index in [1.54, 1.807) is 6.08 Å². The molecule has 104 valence electrons. The fourth-order valence-corrected chi connectivity index (χ4v) is 2.11. The van der Waals surface area contributed by atoms with E-state index >= 15 is 0 Å². The number of carbonyl (C=O) groups excluding carboxylic acids is 2. The van der Waals surface area contributed by atoms with Crippen LogP contribution in [0.25, 0.3) is 0 Å². The molecule has 1 rings (SSSR count). The maximum absolute atomic E-state index is 11.9. The number of hydrogen-bond donors (Lipinski definition) is 0. The highest BCUT2D eigenvalue weighted by atomic mass is 35.5. The van der Waals surface area contributed by atoms with Crippen LogP contribution in [0, 0.1) is 11.8 Å². The monoisotopic (exact) mass is 284 g/mol. The third kappa shape index (κ3) is 4.56. The van der Waals surface area contributed by atoms with Crippen LogP contribution < -0.4 is 0 Å². The Balaban J connectivity index is 2.74. The van der Waals surface area contributed by atoms with Crippen LogP contribution >= 0.6 is 11.6 Å². The third-order valence-electron chi connectivity index (χ3n) is 2.79. The van der Waals surface area contributed by atoms with Gasteiger partial charge in [0.15, 0.2) is 0 Å². The second-order valence-electron chi connectivity index (χ2n) is 4.14. The van der Waals surface area contributed by atoms with Crippen molar-refractivity contribution in [3.8, 4) is 0 Å². The topological polar surface area (TPSA) is 52.6 Å². The maximum atomic E-state index is 11.9. The van der Waals surface area contributed by atoms with Gasteiger partial charge in [0, 0.05) is 5.03 Å². The van der Waals surface area contributed by atoms with Gasteiger partial charge in [-0.2, -0.15) is 0 Å². The SMILES string of the molecule is C=CCOC(=O)C1CC=C(Cl)CC1C(=O)OCC=C. The minimum atomic E-state index is -0.602. The fourth-order valence-electron chi connectivity index (χ4n) is 1.86. The zero-order valence-corrected chi connectivity index (χ0v) is 11.4. The van der Waals surface area contributed by atoms with Crippen LogP contribution in [0.5, 0.6) is 0 Å². The molecular weight excluding hydrogens is 268 g/mol. The Hall–Kier alpha value is -1.55. The van der Waals surface area contributed by atoms with Gasteiger partial charge in [-0.25, -0.2) is 0 Å². The molecule has 2 unspecified atom stereocenters. The summed E-state index contributed by atoms with van der Waals surface area (Å²) >= 11 is 5.93. The molecule has 5 heteroatoms. The van der Waals surface area contributed by atoms with E-state index in [0.29, 0.717) is 17.9 Å². The molecule has 0 amide bonds. The molecule has 0 aromatic heterocycles. The largest absolute Gasteiger partial charge is 0.461 e. The highest BCUT2D eigenvalue weighted by molar-refractivity contribution is 6.29.